The van der Waals surface area contributed by atoms with E-state index in [-0.39, 0.29) is 0 Å². The molecule has 0 aromatic carbocycles. The van der Waals surface area contributed by atoms with E-state index < -0.39 is 0 Å². The molecule has 0 aliphatic carbocycles. The summed E-state index contributed by atoms with van der Waals surface area (Å²) in [6.07, 6.45) is 5.23. The summed E-state index contributed by atoms with van der Waals surface area (Å²) in [5, 5.41) is 3.25. The van der Waals surface area contributed by atoms with Gasteiger partial charge in [0.05, 0.1) is 37.3 Å². The second-order valence-electron chi connectivity index (χ2n) is 4.99. The van der Waals surface area contributed by atoms with Crippen molar-refractivity contribution in [3.63, 3.8) is 0 Å². The third-order valence-corrected chi connectivity index (χ3v) is 3.04. The molecule has 5 nitrogen and oxygen atoms in total. The third kappa shape index (κ3) is 13.5. The molecule has 0 fully saturated rings. The van der Waals surface area contributed by atoms with Gasteiger partial charge in [0.2, 0.25) is 0 Å². The van der Waals surface area contributed by atoms with Gasteiger partial charge in [-0.3, -0.25) is 0 Å². The number of nitrogens with one attached hydrogen (secondary N) is 1. The van der Waals surface area contributed by atoms with E-state index >= 15 is 0 Å². The lowest BCUT2D eigenvalue weighted by Gasteiger charge is -2.11. The van der Waals surface area contributed by atoms with Gasteiger partial charge in [-0.05, 0) is 26.0 Å². The van der Waals surface area contributed by atoms with Gasteiger partial charge in [-0.25, -0.2) is 0 Å². The standard InChI is InChI=1S/C18H31NO4/c1-15(20-5)7-9-17(3)22-13-11-19-12-14-23-18(4)10-8-16(2)21-6/h8,10,19H,1,3,7,9,11-14H2,2,4-6H3/b16-8+,18-10+. The molecule has 132 valence electrons. The van der Waals surface area contributed by atoms with E-state index in [2.05, 4.69) is 18.5 Å². The fourth-order valence-corrected chi connectivity index (χ4v) is 1.48. The molecule has 1 N–H and O–H groups in total. The highest BCUT2D eigenvalue weighted by Gasteiger charge is 1.98. The molecule has 0 radical (unpaired) electrons. The molecule has 0 saturated carbocycles. The Morgan fingerprint density at radius 2 is 1.39 bits per heavy atom. The quantitative estimate of drug-likeness (QED) is 0.301. The van der Waals surface area contributed by atoms with Gasteiger partial charge in [-0.15, -0.1) is 0 Å². The van der Waals surface area contributed by atoms with Crippen LogP contribution in [0.1, 0.15) is 26.7 Å². The Morgan fingerprint density at radius 3 is 2.00 bits per heavy atom. The average molecular weight is 325 g/mol. The van der Waals surface area contributed by atoms with Crippen molar-refractivity contribution >= 4 is 0 Å². The summed E-state index contributed by atoms with van der Waals surface area (Å²) in [5.74, 6) is 3.19. The Bertz CT molecular complexity index is 413. The number of hydrogen-bond acceptors (Lipinski definition) is 5. The summed E-state index contributed by atoms with van der Waals surface area (Å²) < 4.78 is 21.1. The lowest BCUT2D eigenvalue weighted by molar-refractivity contribution is 0.187. The Labute approximate surface area is 140 Å². The zero-order valence-electron chi connectivity index (χ0n) is 14.9. The Morgan fingerprint density at radius 1 is 0.826 bits per heavy atom. The highest BCUT2D eigenvalue weighted by molar-refractivity contribution is 5.08. The van der Waals surface area contributed by atoms with Gasteiger partial charge in [0.25, 0.3) is 0 Å². The largest absolute Gasteiger partial charge is 0.502 e. The van der Waals surface area contributed by atoms with Crippen molar-refractivity contribution in [1.29, 1.82) is 0 Å². The summed E-state index contributed by atoms with van der Waals surface area (Å²) in [5.41, 5.74) is 0. The number of methoxy groups -OCH3 is 2. The molecular formula is C18H31NO4. The zero-order chi connectivity index (χ0) is 17.5. The summed E-state index contributed by atoms with van der Waals surface area (Å²) in [7, 11) is 3.26. The van der Waals surface area contributed by atoms with Crippen molar-refractivity contribution in [2.45, 2.75) is 26.7 Å². The second-order valence-corrected chi connectivity index (χ2v) is 4.99. The first-order chi connectivity index (χ1) is 11.0. The van der Waals surface area contributed by atoms with Gasteiger partial charge in [0.15, 0.2) is 0 Å². The minimum absolute atomic E-state index is 0.586. The molecule has 0 saturated heterocycles. The predicted molar refractivity (Wildman–Crippen MR) is 93.8 cm³/mol. The lowest BCUT2D eigenvalue weighted by Crippen LogP contribution is -2.23. The molecule has 0 amide bonds. The number of ether oxygens (including phenoxy) is 4. The molecule has 0 aromatic rings. The maximum atomic E-state index is 5.56. The number of hydrogen-bond donors (Lipinski definition) is 1. The Balaban J connectivity index is 3.56. The van der Waals surface area contributed by atoms with Crippen LogP contribution in [0.3, 0.4) is 0 Å². The van der Waals surface area contributed by atoms with Crippen LogP contribution in [0.5, 0.6) is 0 Å². The van der Waals surface area contributed by atoms with Gasteiger partial charge in [-0.1, -0.05) is 13.2 Å². The first kappa shape index (κ1) is 21.1. The van der Waals surface area contributed by atoms with Gasteiger partial charge >= 0.3 is 0 Å². The minimum atomic E-state index is 0.586. The lowest BCUT2D eigenvalue weighted by atomic mass is 10.2. The molecule has 0 atom stereocenters. The van der Waals surface area contributed by atoms with Crippen molar-refractivity contribution in [2.24, 2.45) is 0 Å². The third-order valence-electron chi connectivity index (χ3n) is 3.04. The first-order valence-electron chi connectivity index (χ1n) is 7.74. The minimum Gasteiger partial charge on any atom is -0.502 e. The molecule has 0 unspecified atom stereocenters. The predicted octanol–water partition coefficient (Wildman–Crippen LogP) is 3.52. The van der Waals surface area contributed by atoms with Gasteiger partial charge in [0, 0.05) is 25.9 Å². The molecule has 0 aromatic heterocycles. The molecule has 0 heterocycles. The average Bonchev–Trinajstić information content (AvgIpc) is 2.56. The maximum absolute atomic E-state index is 5.56. The van der Waals surface area contributed by atoms with Crippen molar-refractivity contribution < 1.29 is 18.9 Å². The number of allylic oxidation sites excluding steroid dienone is 6. The fraction of sp³-hybridized carbons (Fsp3) is 0.556. The zero-order valence-corrected chi connectivity index (χ0v) is 14.9. The maximum Gasteiger partial charge on any atom is 0.100 e. The molecule has 0 aliphatic rings. The van der Waals surface area contributed by atoms with E-state index in [1.807, 2.05) is 26.0 Å². The van der Waals surface area contributed by atoms with Gasteiger partial charge in [0.1, 0.15) is 13.2 Å². The van der Waals surface area contributed by atoms with E-state index in [4.69, 9.17) is 18.9 Å². The highest BCUT2D eigenvalue weighted by Crippen LogP contribution is 2.09. The summed E-state index contributed by atoms with van der Waals surface area (Å²) in [6, 6.07) is 0. The molecule has 0 spiro atoms. The van der Waals surface area contributed by atoms with Crippen LogP contribution in [0.2, 0.25) is 0 Å². The van der Waals surface area contributed by atoms with Crippen molar-refractivity contribution in [2.75, 3.05) is 40.5 Å². The molecule has 0 aliphatic heterocycles. The van der Waals surface area contributed by atoms with Crippen LogP contribution in [-0.4, -0.2) is 40.5 Å². The van der Waals surface area contributed by atoms with E-state index in [0.29, 0.717) is 13.2 Å². The van der Waals surface area contributed by atoms with Crippen LogP contribution < -0.4 is 5.32 Å². The first-order valence-corrected chi connectivity index (χ1v) is 7.74. The normalized spacial score (nSPS) is 11.8. The van der Waals surface area contributed by atoms with Crippen LogP contribution >= 0.6 is 0 Å². The smallest absolute Gasteiger partial charge is 0.100 e. The monoisotopic (exact) mass is 325 g/mol. The van der Waals surface area contributed by atoms with Gasteiger partial charge < -0.3 is 24.3 Å². The molecule has 0 rings (SSSR count). The van der Waals surface area contributed by atoms with E-state index in [9.17, 15) is 0 Å². The summed E-state index contributed by atoms with van der Waals surface area (Å²) in [6.45, 7) is 14.1. The number of rotatable bonds is 14. The van der Waals surface area contributed by atoms with Crippen LogP contribution in [0.25, 0.3) is 0 Å². The van der Waals surface area contributed by atoms with Crippen molar-refractivity contribution in [3.8, 4) is 0 Å². The van der Waals surface area contributed by atoms with Crippen LogP contribution in [0.4, 0.5) is 0 Å². The van der Waals surface area contributed by atoms with Crippen LogP contribution in [0.15, 0.2) is 48.3 Å². The van der Waals surface area contributed by atoms with Gasteiger partial charge in [-0.2, -0.15) is 0 Å². The fourth-order valence-electron chi connectivity index (χ4n) is 1.48. The van der Waals surface area contributed by atoms with E-state index in [0.717, 1.165) is 49.0 Å². The Kier molecular flexibility index (Phi) is 12.6. The topological polar surface area (TPSA) is 49.0 Å². The molecule has 23 heavy (non-hydrogen) atoms. The molecule has 5 heteroatoms. The molecule has 0 bridgehead atoms. The Hall–Kier alpha value is -1.88. The second kappa shape index (κ2) is 13.8. The van der Waals surface area contributed by atoms with Crippen molar-refractivity contribution in [1.82, 2.24) is 5.32 Å². The SMILES string of the molecule is C=C(CCC(=C)OCCNCCO/C(C)=C/C=C(\C)OC)OC. The van der Waals surface area contributed by atoms with E-state index in [1.54, 1.807) is 14.2 Å². The van der Waals surface area contributed by atoms with Crippen LogP contribution in [0, 0.1) is 0 Å². The van der Waals surface area contributed by atoms with Crippen molar-refractivity contribution in [3.05, 3.63) is 48.3 Å². The summed E-state index contributed by atoms with van der Waals surface area (Å²) in [4.78, 5) is 0. The van der Waals surface area contributed by atoms with E-state index in [1.165, 1.54) is 0 Å². The van der Waals surface area contributed by atoms with Crippen LogP contribution in [-0.2, 0) is 18.9 Å². The molecular weight excluding hydrogens is 294 g/mol. The summed E-state index contributed by atoms with van der Waals surface area (Å²) >= 11 is 0. The highest BCUT2D eigenvalue weighted by atomic mass is 16.5.